The van der Waals surface area contributed by atoms with E-state index in [0.29, 0.717) is 24.0 Å². The number of carbonyl (C=O) groups is 3. The van der Waals surface area contributed by atoms with Crippen molar-refractivity contribution in [3.63, 3.8) is 0 Å². The van der Waals surface area contributed by atoms with Crippen molar-refractivity contribution in [2.45, 2.75) is 42.8 Å². The fourth-order valence-corrected chi connectivity index (χ4v) is 6.68. The Bertz CT molecular complexity index is 1520. The fourth-order valence-electron chi connectivity index (χ4n) is 6.68. The molecule has 1 N–H and O–H groups in total. The van der Waals surface area contributed by atoms with Gasteiger partial charge in [0.1, 0.15) is 11.9 Å². The molecular weight excluding hydrogens is 531 g/mol. The number of aliphatic carboxylic acids is 1. The van der Waals surface area contributed by atoms with Crippen molar-refractivity contribution in [3.8, 4) is 0 Å². The van der Waals surface area contributed by atoms with E-state index in [-0.39, 0.29) is 24.4 Å². The van der Waals surface area contributed by atoms with Crippen LogP contribution in [0.4, 0.5) is 4.39 Å². The molecule has 2 bridgehead atoms. The van der Waals surface area contributed by atoms with Gasteiger partial charge >= 0.3 is 5.97 Å². The smallest absolute Gasteiger partial charge is 0.328 e. The van der Waals surface area contributed by atoms with Gasteiger partial charge in [0.15, 0.2) is 0 Å². The van der Waals surface area contributed by atoms with Gasteiger partial charge in [-0.1, -0.05) is 103 Å². The molecule has 7 heteroatoms. The van der Waals surface area contributed by atoms with Crippen molar-refractivity contribution in [1.82, 2.24) is 9.80 Å². The van der Waals surface area contributed by atoms with Gasteiger partial charge in [0.2, 0.25) is 11.8 Å². The number of likely N-dealkylation sites (tertiary alicyclic amines) is 1. The Hall–Kier alpha value is -4.78. The Morgan fingerprint density at radius 3 is 1.57 bits per heavy atom. The molecule has 2 amide bonds. The highest BCUT2D eigenvalue weighted by Gasteiger charge is 2.54. The lowest BCUT2D eigenvalue weighted by atomic mass is 9.87. The van der Waals surface area contributed by atoms with Gasteiger partial charge in [0, 0.05) is 12.6 Å². The van der Waals surface area contributed by atoms with Crippen molar-refractivity contribution in [1.29, 1.82) is 0 Å². The highest BCUT2D eigenvalue weighted by Crippen LogP contribution is 2.40. The Kier molecular flexibility index (Phi) is 7.57. The van der Waals surface area contributed by atoms with Crippen LogP contribution in [0, 0.1) is 5.82 Å². The number of rotatable bonds is 7. The molecule has 212 valence electrons. The van der Waals surface area contributed by atoms with Gasteiger partial charge in [-0.15, -0.1) is 0 Å². The van der Waals surface area contributed by atoms with Gasteiger partial charge in [-0.2, -0.15) is 0 Å². The average molecular weight is 563 g/mol. The minimum absolute atomic E-state index is 0.110. The number of benzene rings is 4. The lowest BCUT2D eigenvalue weighted by Crippen LogP contribution is -2.66. The van der Waals surface area contributed by atoms with Crippen molar-refractivity contribution < 1.29 is 23.9 Å². The lowest BCUT2D eigenvalue weighted by molar-refractivity contribution is -0.161. The Labute approximate surface area is 244 Å². The molecule has 0 aromatic heterocycles. The summed E-state index contributed by atoms with van der Waals surface area (Å²) in [6.07, 6.45) is 1.09. The Balaban J connectivity index is 1.36. The summed E-state index contributed by atoms with van der Waals surface area (Å²) in [7, 11) is 0. The third kappa shape index (κ3) is 5.07. The zero-order valence-electron chi connectivity index (χ0n) is 22.9. The summed E-state index contributed by atoms with van der Waals surface area (Å²) in [6.45, 7) is 0.110. The van der Waals surface area contributed by atoms with E-state index in [1.54, 1.807) is 17.0 Å². The van der Waals surface area contributed by atoms with Crippen LogP contribution in [0.15, 0.2) is 115 Å². The summed E-state index contributed by atoms with van der Waals surface area (Å²) in [5.74, 6) is -3.49. The number of amides is 2. The second-order valence-electron chi connectivity index (χ2n) is 11.0. The van der Waals surface area contributed by atoms with Crippen LogP contribution in [0.25, 0.3) is 0 Å². The zero-order valence-corrected chi connectivity index (χ0v) is 22.9. The maximum atomic E-state index is 14.4. The number of fused-ring (bicyclic) bond motifs is 2. The summed E-state index contributed by atoms with van der Waals surface area (Å²) in [6, 6.07) is 31.7. The molecule has 2 saturated heterocycles. The molecule has 1 unspecified atom stereocenters. The highest BCUT2D eigenvalue weighted by atomic mass is 19.1. The van der Waals surface area contributed by atoms with Crippen molar-refractivity contribution in [3.05, 3.63) is 143 Å². The first-order valence-corrected chi connectivity index (χ1v) is 14.2. The maximum Gasteiger partial charge on any atom is 0.328 e. The number of halogens is 1. The van der Waals surface area contributed by atoms with Gasteiger partial charge in [-0.05, 0) is 47.2 Å². The van der Waals surface area contributed by atoms with E-state index in [2.05, 4.69) is 0 Å². The predicted octanol–water partition coefficient (Wildman–Crippen LogP) is 5.44. The zero-order chi connectivity index (χ0) is 29.2. The summed E-state index contributed by atoms with van der Waals surface area (Å²) < 4.78 is 13.8. The van der Waals surface area contributed by atoms with Gasteiger partial charge in [0.05, 0.1) is 17.9 Å². The third-order valence-corrected chi connectivity index (χ3v) is 8.54. The topological polar surface area (TPSA) is 77.9 Å². The molecule has 0 saturated carbocycles. The number of carbonyl (C=O) groups excluding carboxylic acids is 2. The Morgan fingerprint density at radius 1 is 0.643 bits per heavy atom. The molecule has 2 aliphatic heterocycles. The first-order chi connectivity index (χ1) is 20.4. The van der Waals surface area contributed by atoms with Crippen LogP contribution in [0.5, 0.6) is 0 Å². The number of hydrogen-bond donors (Lipinski definition) is 1. The van der Waals surface area contributed by atoms with E-state index < -0.39 is 35.7 Å². The van der Waals surface area contributed by atoms with E-state index in [9.17, 15) is 23.9 Å². The molecule has 4 aromatic carbocycles. The van der Waals surface area contributed by atoms with Gasteiger partial charge in [-0.25, -0.2) is 9.18 Å². The van der Waals surface area contributed by atoms with E-state index >= 15 is 0 Å². The standard InChI is InChI=1S/C35H31FN2O4/c36-27-18-16-26(17-19-27)30(23-10-4-1-5-11-23)33(39)37-22-28-20-21-29(32(37)35(41)42)38(28)34(40)31(24-12-6-2-7-13-24)25-14-8-3-9-15-25/h1-19,28-32H,20-22H2,(H,41,42)/t28-,29+,30?,32-/m0/s1. The summed E-state index contributed by atoms with van der Waals surface area (Å²) >= 11 is 0. The molecule has 0 spiro atoms. The van der Waals surface area contributed by atoms with Crippen molar-refractivity contribution in [2.24, 2.45) is 0 Å². The monoisotopic (exact) mass is 562 g/mol. The minimum Gasteiger partial charge on any atom is -0.480 e. The molecule has 4 aromatic rings. The molecule has 2 aliphatic rings. The summed E-state index contributed by atoms with van der Waals surface area (Å²) in [5.41, 5.74) is 2.94. The van der Waals surface area contributed by atoms with Crippen LogP contribution in [0.1, 0.15) is 46.9 Å². The molecule has 2 fully saturated rings. The maximum absolute atomic E-state index is 14.4. The first-order valence-electron chi connectivity index (χ1n) is 14.2. The van der Waals surface area contributed by atoms with E-state index in [1.165, 1.54) is 17.0 Å². The van der Waals surface area contributed by atoms with Gasteiger partial charge in [-0.3, -0.25) is 9.59 Å². The lowest BCUT2D eigenvalue weighted by Gasteiger charge is -2.47. The normalized spacial score (nSPS) is 20.4. The fraction of sp³-hybridized carbons (Fsp3) is 0.229. The molecule has 0 aliphatic carbocycles. The summed E-state index contributed by atoms with van der Waals surface area (Å²) in [5, 5.41) is 10.5. The molecule has 6 nitrogen and oxygen atoms in total. The largest absolute Gasteiger partial charge is 0.480 e. The highest BCUT2D eigenvalue weighted by molar-refractivity contribution is 5.93. The Morgan fingerprint density at radius 2 is 1.10 bits per heavy atom. The molecule has 42 heavy (non-hydrogen) atoms. The van der Waals surface area contributed by atoms with E-state index in [4.69, 9.17) is 0 Å². The minimum atomic E-state index is -1.21. The second kappa shape index (κ2) is 11.6. The van der Waals surface area contributed by atoms with Crippen LogP contribution < -0.4 is 0 Å². The van der Waals surface area contributed by atoms with Crippen molar-refractivity contribution >= 4 is 17.8 Å². The predicted molar refractivity (Wildman–Crippen MR) is 156 cm³/mol. The third-order valence-electron chi connectivity index (χ3n) is 8.54. The van der Waals surface area contributed by atoms with Crippen molar-refractivity contribution in [2.75, 3.05) is 6.54 Å². The van der Waals surface area contributed by atoms with Crippen LogP contribution >= 0.6 is 0 Å². The SMILES string of the molecule is O=C(O)[C@@H]1[C@H]2CC[C@@H](CN1C(=O)C(c1ccccc1)c1ccc(F)cc1)N2C(=O)C(c1ccccc1)c1ccccc1. The van der Waals surface area contributed by atoms with Gasteiger partial charge in [0.25, 0.3) is 0 Å². The first kappa shape index (κ1) is 27.4. The molecule has 2 heterocycles. The molecular formula is C35H31FN2O4. The van der Waals surface area contributed by atoms with Crippen LogP contribution in [0.2, 0.25) is 0 Å². The van der Waals surface area contributed by atoms with Gasteiger partial charge < -0.3 is 14.9 Å². The number of carboxylic acids is 1. The number of carboxylic acid groups (broad SMARTS) is 1. The number of piperazine rings is 1. The molecule has 0 radical (unpaired) electrons. The average Bonchev–Trinajstić information content (AvgIpc) is 3.32. The van der Waals surface area contributed by atoms with Crippen LogP contribution in [-0.4, -0.2) is 57.4 Å². The number of hydrogen-bond acceptors (Lipinski definition) is 3. The van der Waals surface area contributed by atoms with E-state index in [1.807, 2.05) is 91.0 Å². The molecule has 4 atom stereocenters. The number of nitrogens with zero attached hydrogens (tertiary/aromatic N) is 2. The van der Waals surface area contributed by atoms with Crippen LogP contribution in [0.3, 0.4) is 0 Å². The quantitative estimate of drug-likeness (QED) is 0.325. The molecule has 6 rings (SSSR count). The van der Waals surface area contributed by atoms with E-state index in [0.717, 1.165) is 11.1 Å². The summed E-state index contributed by atoms with van der Waals surface area (Å²) in [4.78, 5) is 44.8. The van der Waals surface area contributed by atoms with Crippen LogP contribution in [-0.2, 0) is 14.4 Å². The second-order valence-corrected chi connectivity index (χ2v) is 11.0.